The van der Waals surface area contributed by atoms with E-state index in [0.29, 0.717) is 17.4 Å². The van der Waals surface area contributed by atoms with Gasteiger partial charge in [0.25, 0.3) is 0 Å². The van der Waals surface area contributed by atoms with Crippen molar-refractivity contribution in [3.8, 4) is 0 Å². The zero-order chi connectivity index (χ0) is 13.8. The van der Waals surface area contributed by atoms with Gasteiger partial charge in [0.1, 0.15) is 0 Å². The van der Waals surface area contributed by atoms with Crippen LogP contribution in [-0.4, -0.2) is 26.2 Å². The standard InChI is InChI=1S/C12H18ClNO3S/c1-9(2)7-11(8-15)14-18(16,17)12-5-3-10(13)4-6-12/h3-6,9,11,14-15H,7-8H2,1-2H3/t11-/m0/s1. The average molecular weight is 292 g/mol. The lowest BCUT2D eigenvalue weighted by molar-refractivity contribution is 0.240. The molecule has 0 unspecified atom stereocenters. The second-order valence-corrected chi connectivity index (χ2v) is 6.73. The fourth-order valence-electron chi connectivity index (χ4n) is 1.63. The Morgan fingerprint density at radius 2 is 1.83 bits per heavy atom. The summed E-state index contributed by atoms with van der Waals surface area (Å²) in [7, 11) is -3.60. The van der Waals surface area contributed by atoms with Gasteiger partial charge in [0.05, 0.1) is 11.5 Å². The molecule has 4 nitrogen and oxygen atoms in total. The summed E-state index contributed by atoms with van der Waals surface area (Å²) in [5.74, 6) is 0.301. The Labute approximate surface area is 113 Å². The Bertz CT molecular complexity index is 471. The Hall–Kier alpha value is -0.620. The molecule has 1 aromatic rings. The van der Waals surface area contributed by atoms with E-state index in [-0.39, 0.29) is 11.5 Å². The summed E-state index contributed by atoms with van der Waals surface area (Å²) in [6.07, 6.45) is 0.587. The Morgan fingerprint density at radius 3 is 2.28 bits per heavy atom. The predicted molar refractivity (Wildman–Crippen MR) is 72.1 cm³/mol. The van der Waals surface area contributed by atoms with Crippen molar-refractivity contribution < 1.29 is 13.5 Å². The van der Waals surface area contributed by atoms with Gasteiger partial charge in [0.15, 0.2) is 0 Å². The molecule has 0 radical (unpaired) electrons. The van der Waals surface area contributed by atoms with Gasteiger partial charge in [-0.05, 0) is 36.6 Å². The summed E-state index contributed by atoms with van der Waals surface area (Å²) in [5.41, 5.74) is 0. The number of nitrogens with one attached hydrogen (secondary N) is 1. The number of sulfonamides is 1. The number of benzene rings is 1. The summed E-state index contributed by atoms with van der Waals surface area (Å²) in [6, 6.07) is 5.45. The van der Waals surface area contributed by atoms with E-state index in [1.165, 1.54) is 24.3 Å². The molecule has 0 aliphatic rings. The first kappa shape index (κ1) is 15.4. The summed E-state index contributed by atoms with van der Waals surface area (Å²) in [5, 5.41) is 9.66. The van der Waals surface area contributed by atoms with Crippen molar-refractivity contribution in [3.63, 3.8) is 0 Å². The Morgan fingerprint density at radius 1 is 1.28 bits per heavy atom. The first-order chi connectivity index (χ1) is 8.35. The maximum atomic E-state index is 12.0. The molecule has 1 aromatic carbocycles. The van der Waals surface area contributed by atoms with Crippen molar-refractivity contribution >= 4 is 21.6 Å². The molecule has 2 N–H and O–H groups in total. The predicted octanol–water partition coefficient (Wildman–Crippen LogP) is 2.03. The first-order valence-electron chi connectivity index (χ1n) is 5.74. The third-order valence-corrected chi connectivity index (χ3v) is 4.21. The molecule has 0 bridgehead atoms. The van der Waals surface area contributed by atoms with Crippen molar-refractivity contribution in [1.82, 2.24) is 4.72 Å². The van der Waals surface area contributed by atoms with Crippen LogP contribution in [0.1, 0.15) is 20.3 Å². The van der Waals surface area contributed by atoms with E-state index in [2.05, 4.69) is 4.72 Å². The molecule has 1 atom stereocenters. The van der Waals surface area contributed by atoms with Crippen molar-refractivity contribution in [1.29, 1.82) is 0 Å². The number of aliphatic hydroxyl groups excluding tert-OH is 1. The molecule has 18 heavy (non-hydrogen) atoms. The van der Waals surface area contributed by atoms with E-state index in [1.54, 1.807) is 0 Å². The third kappa shape index (κ3) is 4.57. The number of halogens is 1. The largest absolute Gasteiger partial charge is 0.395 e. The molecule has 1 rings (SSSR count). The second kappa shape index (κ2) is 6.52. The molecule has 0 heterocycles. The minimum atomic E-state index is -3.60. The van der Waals surface area contributed by atoms with Crippen LogP contribution in [0.4, 0.5) is 0 Å². The highest BCUT2D eigenvalue weighted by atomic mass is 35.5. The molecular weight excluding hydrogens is 274 g/mol. The minimum Gasteiger partial charge on any atom is -0.395 e. The van der Waals surface area contributed by atoms with Crippen LogP contribution in [0.25, 0.3) is 0 Å². The van der Waals surface area contributed by atoms with Gasteiger partial charge in [-0.2, -0.15) is 0 Å². The number of hydrogen-bond donors (Lipinski definition) is 2. The lowest BCUT2D eigenvalue weighted by Gasteiger charge is -2.18. The van der Waals surface area contributed by atoms with Gasteiger partial charge in [0.2, 0.25) is 10.0 Å². The van der Waals surface area contributed by atoms with Crippen LogP contribution in [0.15, 0.2) is 29.2 Å². The Kier molecular flexibility index (Phi) is 5.59. The molecule has 0 aliphatic carbocycles. The molecule has 0 saturated heterocycles. The molecule has 6 heteroatoms. The van der Waals surface area contributed by atoms with Gasteiger partial charge in [0, 0.05) is 11.1 Å². The van der Waals surface area contributed by atoms with Crippen LogP contribution in [-0.2, 0) is 10.0 Å². The van der Waals surface area contributed by atoms with E-state index >= 15 is 0 Å². The van der Waals surface area contributed by atoms with Gasteiger partial charge >= 0.3 is 0 Å². The molecule has 0 fully saturated rings. The topological polar surface area (TPSA) is 66.4 Å². The summed E-state index contributed by atoms with van der Waals surface area (Å²) >= 11 is 5.71. The van der Waals surface area contributed by atoms with Crippen LogP contribution >= 0.6 is 11.6 Å². The average Bonchev–Trinajstić information content (AvgIpc) is 2.27. The van der Waals surface area contributed by atoms with Crippen LogP contribution in [0.5, 0.6) is 0 Å². The fraction of sp³-hybridized carbons (Fsp3) is 0.500. The number of aliphatic hydroxyl groups is 1. The second-order valence-electron chi connectivity index (χ2n) is 4.58. The van der Waals surface area contributed by atoms with Crippen molar-refractivity contribution in [2.45, 2.75) is 31.2 Å². The van der Waals surface area contributed by atoms with Crippen molar-refractivity contribution in [2.75, 3.05) is 6.61 Å². The van der Waals surface area contributed by atoms with E-state index in [9.17, 15) is 13.5 Å². The SMILES string of the molecule is CC(C)C[C@@H](CO)NS(=O)(=O)c1ccc(Cl)cc1. The Balaban J connectivity index is 2.83. The highest BCUT2D eigenvalue weighted by Gasteiger charge is 2.20. The van der Waals surface area contributed by atoms with Crippen molar-refractivity contribution in [2.24, 2.45) is 5.92 Å². The summed E-state index contributed by atoms with van der Waals surface area (Å²) < 4.78 is 26.5. The quantitative estimate of drug-likeness (QED) is 0.843. The van der Waals surface area contributed by atoms with E-state index in [1.807, 2.05) is 13.8 Å². The maximum absolute atomic E-state index is 12.0. The van der Waals surface area contributed by atoms with Crippen LogP contribution in [0, 0.1) is 5.92 Å². The lowest BCUT2D eigenvalue weighted by atomic mass is 10.1. The monoisotopic (exact) mass is 291 g/mol. The van der Waals surface area contributed by atoms with Gasteiger partial charge < -0.3 is 5.11 Å². The van der Waals surface area contributed by atoms with Crippen LogP contribution < -0.4 is 4.72 Å². The van der Waals surface area contributed by atoms with Gasteiger partial charge in [-0.1, -0.05) is 25.4 Å². The number of hydrogen-bond acceptors (Lipinski definition) is 3. The third-order valence-electron chi connectivity index (χ3n) is 2.42. The zero-order valence-corrected chi connectivity index (χ0v) is 12.0. The minimum absolute atomic E-state index is 0.147. The highest BCUT2D eigenvalue weighted by Crippen LogP contribution is 2.15. The number of rotatable bonds is 6. The summed E-state index contributed by atoms with van der Waals surface area (Å²) in [6.45, 7) is 3.73. The molecule has 0 aliphatic heterocycles. The maximum Gasteiger partial charge on any atom is 0.240 e. The smallest absolute Gasteiger partial charge is 0.240 e. The van der Waals surface area contributed by atoms with Gasteiger partial charge in [-0.25, -0.2) is 13.1 Å². The zero-order valence-electron chi connectivity index (χ0n) is 10.4. The first-order valence-corrected chi connectivity index (χ1v) is 7.60. The lowest BCUT2D eigenvalue weighted by Crippen LogP contribution is -2.38. The normalized spacial score (nSPS) is 13.8. The molecular formula is C12H18ClNO3S. The van der Waals surface area contributed by atoms with E-state index < -0.39 is 16.1 Å². The van der Waals surface area contributed by atoms with Crippen LogP contribution in [0.3, 0.4) is 0 Å². The molecule has 0 saturated carbocycles. The van der Waals surface area contributed by atoms with Crippen LogP contribution in [0.2, 0.25) is 5.02 Å². The highest BCUT2D eigenvalue weighted by molar-refractivity contribution is 7.89. The van der Waals surface area contributed by atoms with Gasteiger partial charge in [-0.3, -0.25) is 0 Å². The van der Waals surface area contributed by atoms with E-state index in [4.69, 9.17) is 11.6 Å². The summed E-state index contributed by atoms with van der Waals surface area (Å²) in [4.78, 5) is 0.147. The van der Waals surface area contributed by atoms with E-state index in [0.717, 1.165) is 0 Å². The molecule has 0 amide bonds. The molecule has 102 valence electrons. The van der Waals surface area contributed by atoms with Gasteiger partial charge in [-0.15, -0.1) is 0 Å². The fourth-order valence-corrected chi connectivity index (χ4v) is 3.00. The van der Waals surface area contributed by atoms with Crippen molar-refractivity contribution in [3.05, 3.63) is 29.3 Å². The molecule has 0 spiro atoms. The molecule has 0 aromatic heterocycles.